The average molecular weight is 417 g/mol. The van der Waals surface area contributed by atoms with E-state index in [4.69, 9.17) is 26.3 Å². The predicted octanol–water partition coefficient (Wildman–Crippen LogP) is 2.69. The van der Waals surface area contributed by atoms with Crippen molar-refractivity contribution in [1.29, 1.82) is 5.26 Å². The number of anilines is 2. The molecule has 10 heteroatoms. The van der Waals surface area contributed by atoms with Crippen LogP contribution < -0.4 is 15.4 Å². The molecule has 9 nitrogen and oxygen atoms in total. The lowest BCUT2D eigenvalue weighted by molar-refractivity contribution is -0.0440. The number of hydrogen-bond acceptors (Lipinski definition) is 7. The van der Waals surface area contributed by atoms with Crippen molar-refractivity contribution in [2.45, 2.75) is 13.0 Å². The second-order valence-electron chi connectivity index (χ2n) is 6.46. The number of amides is 2. The number of urea groups is 1. The minimum Gasteiger partial charge on any atom is -0.489 e. The smallest absolute Gasteiger partial charge is 0.325 e. The minimum atomic E-state index is -0.496. The van der Waals surface area contributed by atoms with E-state index in [0.717, 1.165) is 12.2 Å². The molecule has 1 aromatic heterocycles. The molecule has 0 saturated carbocycles. The molecule has 152 valence electrons. The molecule has 0 aliphatic carbocycles. The number of carbonyl (C=O) groups excluding carboxylic acids is 1. The number of rotatable bonds is 6. The zero-order valence-corrected chi connectivity index (χ0v) is 16.6. The van der Waals surface area contributed by atoms with Gasteiger partial charge in [-0.1, -0.05) is 11.6 Å². The van der Waals surface area contributed by atoms with E-state index in [2.05, 4.69) is 26.7 Å². The molecule has 1 saturated heterocycles. The monoisotopic (exact) mass is 416 g/mol. The van der Waals surface area contributed by atoms with Crippen LogP contribution in [0.5, 0.6) is 5.75 Å². The first-order valence-corrected chi connectivity index (χ1v) is 9.41. The number of carbonyl (C=O) groups is 1. The van der Waals surface area contributed by atoms with Gasteiger partial charge in [0, 0.05) is 18.1 Å². The number of halogens is 1. The van der Waals surface area contributed by atoms with E-state index in [0.29, 0.717) is 42.0 Å². The van der Waals surface area contributed by atoms with Crippen LogP contribution in [0.3, 0.4) is 0 Å². The summed E-state index contributed by atoms with van der Waals surface area (Å²) < 4.78 is 11.6. The summed E-state index contributed by atoms with van der Waals surface area (Å²) >= 11 is 6.07. The summed E-state index contributed by atoms with van der Waals surface area (Å²) in [6, 6.07) is 6.60. The second-order valence-corrected chi connectivity index (χ2v) is 6.90. The van der Waals surface area contributed by atoms with E-state index >= 15 is 0 Å². The van der Waals surface area contributed by atoms with Crippen LogP contribution >= 0.6 is 11.6 Å². The zero-order chi connectivity index (χ0) is 20.6. The number of nitrogens with one attached hydrogen (secondary N) is 2. The molecule has 2 amide bonds. The second kappa shape index (κ2) is 10.0. The zero-order valence-electron chi connectivity index (χ0n) is 15.9. The molecule has 1 aliphatic rings. The van der Waals surface area contributed by atoms with E-state index in [1.54, 1.807) is 24.4 Å². The third kappa shape index (κ3) is 6.29. The number of hydrogen-bond donors (Lipinski definition) is 2. The number of aryl methyl sites for hydroxylation is 1. The molecule has 0 unspecified atom stereocenters. The number of nitriles is 1. The van der Waals surface area contributed by atoms with Gasteiger partial charge in [-0.25, -0.2) is 9.78 Å². The average Bonchev–Trinajstić information content (AvgIpc) is 2.70. The van der Waals surface area contributed by atoms with Crippen molar-refractivity contribution >= 4 is 29.1 Å². The van der Waals surface area contributed by atoms with Crippen molar-refractivity contribution < 1.29 is 14.3 Å². The summed E-state index contributed by atoms with van der Waals surface area (Å²) in [4.78, 5) is 22.5. The first-order valence-electron chi connectivity index (χ1n) is 9.03. The van der Waals surface area contributed by atoms with Crippen LogP contribution in [0.4, 0.5) is 16.3 Å². The van der Waals surface area contributed by atoms with Crippen LogP contribution in [0.25, 0.3) is 0 Å². The van der Waals surface area contributed by atoms with Crippen molar-refractivity contribution in [3.8, 4) is 11.8 Å². The fraction of sp³-hybridized carbons (Fsp3) is 0.368. The fourth-order valence-corrected chi connectivity index (χ4v) is 2.93. The molecule has 1 aromatic carbocycles. The summed E-state index contributed by atoms with van der Waals surface area (Å²) in [6.45, 7) is 4.32. The first kappa shape index (κ1) is 20.8. The molecular formula is C19H21ClN6O3. The van der Waals surface area contributed by atoms with Crippen LogP contribution in [0, 0.1) is 18.3 Å². The Bertz CT molecular complexity index is 887. The van der Waals surface area contributed by atoms with Crippen molar-refractivity contribution in [2.75, 3.05) is 43.5 Å². The molecule has 3 rings (SSSR count). The molecule has 2 N–H and O–H groups in total. The lowest BCUT2D eigenvalue weighted by Crippen LogP contribution is -2.45. The Hall–Kier alpha value is -2.93. The third-order valence-electron chi connectivity index (χ3n) is 4.15. The summed E-state index contributed by atoms with van der Waals surface area (Å²) in [5, 5.41) is 14.6. The van der Waals surface area contributed by atoms with Crippen molar-refractivity contribution in [2.24, 2.45) is 0 Å². The molecule has 0 bridgehead atoms. The maximum Gasteiger partial charge on any atom is 0.325 e. The number of morpholine rings is 1. The topological polar surface area (TPSA) is 112 Å². The Labute approximate surface area is 173 Å². The van der Waals surface area contributed by atoms with Gasteiger partial charge >= 0.3 is 6.03 Å². The quantitative estimate of drug-likeness (QED) is 0.696. The molecule has 0 spiro atoms. The summed E-state index contributed by atoms with van der Waals surface area (Å²) in [7, 11) is 0. The molecule has 1 aliphatic heterocycles. The van der Waals surface area contributed by atoms with Gasteiger partial charge in [0.2, 0.25) is 0 Å². The first-order chi connectivity index (χ1) is 14.0. The number of aromatic nitrogens is 2. The minimum absolute atomic E-state index is 0.169. The van der Waals surface area contributed by atoms with Crippen molar-refractivity contribution in [3.05, 3.63) is 41.3 Å². The summed E-state index contributed by atoms with van der Waals surface area (Å²) in [6.07, 6.45) is 2.86. The van der Waals surface area contributed by atoms with Crippen LogP contribution in [0.1, 0.15) is 5.69 Å². The van der Waals surface area contributed by atoms with Gasteiger partial charge in [-0.2, -0.15) is 5.26 Å². The van der Waals surface area contributed by atoms with Crippen LogP contribution in [0.15, 0.2) is 30.6 Å². The summed E-state index contributed by atoms with van der Waals surface area (Å²) in [5.41, 5.74) is 1.17. The van der Waals surface area contributed by atoms with E-state index < -0.39 is 6.03 Å². The number of benzene rings is 1. The highest BCUT2D eigenvalue weighted by molar-refractivity contribution is 6.31. The number of nitrogens with zero attached hydrogens (tertiary/aromatic N) is 4. The van der Waals surface area contributed by atoms with E-state index in [-0.39, 0.29) is 12.7 Å². The highest BCUT2D eigenvalue weighted by atomic mass is 35.5. The van der Waals surface area contributed by atoms with Gasteiger partial charge in [-0.05, 0) is 25.1 Å². The van der Waals surface area contributed by atoms with E-state index in [1.807, 2.05) is 11.8 Å². The van der Waals surface area contributed by atoms with E-state index in [9.17, 15) is 4.79 Å². The highest BCUT2D eigenvalue weighted by Crippen LogP contribution is 2.28. The van der Waals surface area contributed by atoms with Crippen molar-refractivity contribution in [3.63, 3.8) is 0 Å². The third-order valence-corrected chi connectivity index (χ3v) is 4.39. The maximum absolute atomic E-state index is 12.3. The molecule has 1 fully saturated rings. The lowest BCUT2D eigenvalue weighted by atomic mass is 10.2. The molecule has 0 radical (unpaired) electrons. The Balaban J connectivity index is 1.60. The predicted molar refractivity (Wildman–Crippen MR) is 108 cm³/mol. The van der Waals surface area contributed by atoms with Gasteiger partial charge in [-0.15, -0.1) is 0 Å². The van der Waals surface area contributed by atoms with E-state index in [1.165, 1.54) is 6.20 Å². The van der Waals surface area contributed by atoms with Gasteiger partial charge in [0.05, 0.1) is 43.0 Å². The van der Waals surface area contributed by atoms with Crippen LogP contribution in [0.2, 0.25) is 5.02 Å². The standard InChI is InChI=1S/C19H21ClN6O3/c1-13-9-23-18(10-22-13)25-19(27)24-16-8-14(20)2-3-17(16)29-12-15-11-26(5-4-21)6-7-28-15/h2-3,8-10,15H,5-7,11-12H2,1H3,(H2,23,24,25,27)/t15-/m0/s1. The Morgan fingerprint density at radius 3 is 3.03 bits per heavy atom. The Morgan fingerprint density at radius 2 is 2.28 bits per heavy atom. The van der Waals surface area contributed by atoms with Gasteiger partial charge in [0.15, 0.2) is 5.82 Å². The molecule has 2 heterocycles. The summed E-state index contributed by atoms with van der Waals surface area (Å²) in [5.74, 6) is 0.784. The molecular weight excluding hydrogens is 396 g/mol. The largest absolute Gasteiger partial charge is 0.489 e. The van der Waals surface area contributed by atoms with Crippen molar-refractivity contribution in [1.82, 2.24) is 14.9 Å². The normalized spacial score (nSPS) is 16.7. The van der Waals surface area contributed by atoms with Gasteiger partial charge in [0.1, 0.15) is 18.5 Å². The fourth-order valence-electron chi connectivity index (χ4n) is 2.76. The molecule has 2 aromatic rings. The van der Waals surface area contributed by atoms with Crippen LogP contribution in [-0.4, -0.2) is 59.9 Å². The molecule has 1 atom stereocenters. The SMILES string of the molecule is Cc1cnc(NC(=O)Nc2cc(Cl)ccc2OC[C@@H]2CN(CC#N)CCO2)cn1. The van der Waals surface area contributed by atoms with Gasteiger partial charge in [-0.3, -0.25) is 15.2 Å². The number of ether oxygens (including phenoxy) is 2. The highest BCUT2D eigenvalue weighted by Gasteiger charge is 2.21. The van der Waals surface area contributed by atoms with Gasteiger partial charge < -0.3 is 14.8 Å². The lowest BCUT2D eigenvalue weighted by Gasteiger charge is -2.31. The van der Waals surface area contributed by atoms with Crippen LogP contribution in [-0.2, 0) is 4.74 Å². The van der Waals surface area contributed by atoms with Gasteiger partial charge in [0.25, 0.3) is 0 Å². The Kier molecular flexibility index (Phi) is 7.19. The maximum atomic E-state index is 12.3. The Morgan fingerprint density at radius 1 is 1.41 bits per heavy atom. The molecule has 29 heavy (non-hydrogen) atoms.